The van der Waals surface area contributed by atoms with Gasteiger partial charge in [-0.25, -0.2) is 0 Å². The first-order valence-electron chi connectivity index (χ1n) is 0.969. The molecule has 0 spiro atoms. The summed E-state index contributed by atoms with van der Waals surface area (Å²) in [5.74, 6) is 0. The lowest BCUT2D eigenvalue weighted by Crippen LogP contribution is -1.80. The van der Waals surface area contributed by atoms with E-state index in [0.29, 0.717) is 0 Å². The first-order valence-corrected chi connectivity index (χ1v) is 2.40. The lowest BCUT2D eigenvalue weighted by atomic mass is 10.9. The van der Waals surface area contributed by atoms with Gasteiger partial charge < -0.3 is 0 Å². The van der Waals surface area contributed by atoms with Crippen LogP contribution in [0.2, 0.25) is 0 Å². The maximum absolute atomic E-state index is 9.26. The van der Waals surface area contributed by atoms with Gasteiger partial charge in [-0.3, -0.25) is 4.79 Å². The summed E-state index contributed by atoms with van der Waals surface area (Å²) in [7, 11) is 0. The minimum Gasteiger partial charge on any atom is -0.289 e. The summed E-state index contributed by atoms with van der Waals surface area (Å²) in [6.45, 7) is 0. The molecule has 0 N–H and O–H groups in total. The van der Waals surface area contributed by atoms with E-state index in [1.165, 1.54) is 0 Å². The van der Waals surface area contributed by atoms with Crippen molar-refractivity contribution in [2.45, 2.75) is 4.16 Å². The van der Waals surface area contributed by atoms with Crippen molar-refractivity contribution >= 4 is 34.8 Å². The third kappa shape index (κ3) is 4.50. The highest BCUT2D eigenvalue weighted by Crippen LogP contribution is 1.96. The van der Waals surface area contributed by atoms with E-state index in [0.717, 1.165) is 0 Å². The van der Waals surface area contributed by atoms with Gasteiger partial charge in [-0.1, -0.05) is 15.9 Å². The van der Waals surface area contributed by atoms with Gasteiger partial charge in [-0.2, -0.15) is 12.6 Å². The molecule has 0 rings (SSSR count). The summed E-state index contributed by atoms with van der Waals surface area (Å²) in [5.41, 5.74) is 0. The number of alkyl halides is 1. The van der Waals surface area contributed by atoms with Crippen LogP contribution in [0.5, 0.6) is 0 Å². The normalized spacial score (nSPS) is 14.0. The van der Waals surface area contributed by atoms with E-state index in [2.05, 4.69) is 28.6 Å². The summed E-state index contributed by atoms with van der Waals surface area (Å²) in [6.07, 6.45) is 1.56. The molecule has 1 nitrogen and oxygen atoms in total. The fraction of sp³-hybridized carbons (Fsp3) is 0.500. The fourth-order valence-electron chi connectivity index (χ4n) is 0. The Morgan fingerprint density at radius 1 is 2.00 bits per heavy atom. The molecule has 0 saturated carbocycles. The molecule has 0 aromatic heterocycles. The molecule has 29 valence electrons. The van der Waals surface area contributed by atoms with Gasteiger partial charge in [0.05, 0.1) is 0 Å². The third-order valence-corrected chi connectivity index (χ3v) is 0.390. The van der Waals surface area contributed by atoms with Crippen LogP contribution < -0.4 is 0 Å². The Hall–Kier alpha value is 0.500. The molecule has 0 aliphatic heterocycles. The van der Waals surface area contributed by atoms with Crippen molar-refractivity contribution in [3.63, 3.8) is 0 Å². The molecular weight excluding hydrogens is 152 g/mol. The highest BCUT2D eigenvalue weighted by molar-refractivity contribution is 9.11. The maximum atomic E-state index is 9.26. The molecule has 0 aromatic rings. The van der Waals surface area contributed by atoms with Crippen LogP contribution in [0.3, 0.4) is 0 Å². The van der Waals surface area contributed by atoms with E-state index in [1.54, 1.807) is 6.29 Å². The molecule has 1 atom stereocenters. The van der Waals surface area contributed by atoms with Crippen molar-refractivity contribution in [1.29, 1.82) is 0 Å². The third-order valence-electron chi connectivity index (χ3n) is 0.0972. The molecule has 0 saturated heterocycles. The largest absolute Gasteiger partial charge is 0.289 e. The van der Waals surface area contributed by atoms with Crippen LogP contribution in [0, 0.1) is 0 Å². The number of halogens is 1. The second-order valence-electron chi connectivity index (χ2n) is 0.454. The number of rotatable bonds is 1. The topological polar surface area (TPSA) is 17.1 Å². The molecule has 0 heterocycles. The van der Waals surface area contributed by atoms with Crippen LogP contribution in [0.25, 0.3) is 0 Å². The highest BCUT2D eigenvalue weighted by Gasteiger charge is 1.86. The molecular formula is C2H2BrOS. The first-order chi connectivity index (χ1) is 2.27. The van der Waals surface area contributed by atoms with Crippen molar-refractivity contribution in [2.24, 2.45) is 0 Å². The second kappa shape index (κ2) is 2.72. The van der Waals surface area contributed by atoms with E-state index >= 15 is 0 Å². The molecule has 1 unspecified atom stereocenters. The summed E-state index contributed by atoms with van der Waals surface area (Å²) in [6, 6.07) is 0. The van der Waals surface area contributed by atoms with Crippen LogP contribution in [0.4, 0.5) is 0 Å². The van der Waals surface area contributed by atoms with Crippen molar-refractivity contribution in [1.82, 2.24) is 0 Å². The lowest BCUT2D eigenvalue weighted by Gasteiger charge is -1.73. The van der Waals surface area contributed by atoms with Gasteiger partial charge >= 0.3 is 0 Å². The summed E-state index contributed by atoms with van der Waals surface area (Å²) < 4.78 is -0.414. The van der Waals surface area contributed by atoms with Gasteiger partial charge in [-0.05, 0) is 0 Å². The van der Waals surface area contributed by atoms with Crippen molar-refractivity contribution in [2.75, 3.05) is 0 Å². The Bertz CT molecular complexity index is 36.6. The molecule has 0 amide bonds. The summed E-state index contributed by atoms with van der Waals surface area (Å²) in [5, 5.41) is 0. The van der Waals surface area contributed by atoms with E-state index in [4.69, 9.17) is 0 Å². The Morgan fingerprint density at radius 3 is 2.20 bits per heavy atom. The fourth-order valence-corrected chi connectivity index (χ4v) is 0. The second-order valence-corrected chi connectivity index (χ2v) is 2.59. The number of thiol groups is 1. The zero-order valence-corrected chi connectivity index (χ0v) is 4.79. The highest BCUT2D eigenvalue weighted by atomic mass is 79.9. The van der Waals surface area contributed by atoms with Crippen LogP contribution in [-0.2, 0) is 4.79 Å². The van der Waals surface area contributed by atoms with E-state index in [1.807, 2.05) is 0 Å². The average Bonchev–Trinajstić information content (AvgIpc) is 1.38. The van der Waals surface area contributed by atoms with Crippen molar-refractivity contribution < 1.29 is 4.79 Å². The van der Waals surface area contributed by atoms with Gasteiger partial charge in [-0.15, -0.1) is 0 Å². The van der Waals surface area contributed by atoms with Crippen LogP contribution >= 0.6 is 28.6 Å². The van der Waals surface area contributed by atoms with E-state index in [9.17, 15) is 4.79 Å². The quantitative estimate of drug-likeness (QED) is 0.435. The van der Waals surface area contributed by atoms with Gasteiger partial charge in [0.1, 0.15) is 4.16 Å². The smallest absolute Gasteiger partial charge is 0.223 e. The molecule has 0 fully saturated rings. The standard InChI is InChI=1S/C2H2BrOS/c3-2(5)1-4/h2,5H. The monoisotopic (exact) mass is 153 g/mol. The van der Waals surface area contributed by atoms with Crippen LogP contribution in [0.1, 0.15) is 0 Å². The zero-order valence-electron chi connectivity index (χ0n) is 2.31. The number of hydrogen-bond acceptors (Lipinski definition) is 2. The minimum atomic E-state index is -0.414. The Labute approximate surface area is 44.3 Å². The average molecular weight is 154 g/mol. The maximum Gasteiger partial charge on any atom is 0.223 e. The molecule has 0 bridgehead atoms. The lowest BCUT2D eigenvalue weighted by molar-refractivity contribution is 0.559. The van der Waals surface area contributed by atoms with Crippen LogP contribution in [-0.4, -0.2) is 10.4 Å². The summed E-state index contributed by atoms with van der Waals surface area (Å²) >= 11 is 6.40. The molecule has 1 radical (unpaired) electrons. The Kier molecular flexibility index (Phi) is 2.99. The van der Waals surface area contributed by atoms with E-state index in [-0.39, 0.29) is 0 Å². The SMILES string of the molecule is O=[C]C(S)Br. The Balaban J connectivity index is 2.83. The van der Waals surface area contributed by atoms with E-state index < -0.39 is 4.16 Å². The number of carbonyl (C=O) groups excluding carboxylic acids is 1. The summed E-state index contributed by atoms with van der Waals surface area (Å²) in [4.78, 5) is 9.26. The zero-order chi connectivity index (χ0) is 4.28. The van der Waals surface area contributed by atoms with Gasteiger partial charge in [0.2, 0.25) is 6.29 Å². The van der Waals surface area contributed by atoms with Crippen molar-refractivity contribution in [3.05, 3.63) is 0 Å². The first kappa shape index (κ1) is 5.50. The molecule has 0 aliphatic carbocycles. The van der Waals surface area contributed by atoms with Gasteiger partial charge in [0.25, 0.3) is 0 Å². The predicted octanol–water partition coefficient (Wildman–Crippen LogP) is 0.747. The predicted molar refractivity (Wildman–Crippen MR) is 27.4 cm³/mol. The molecule has 0 aromatic carbocycles. The van der Waals surface area contributed by atoms with Gasteiger partial charge in [0, 0.05) is 0 Å². The Morgan fingerprint density at radius 2 is 2.20 bits per heavy atom. The van der Waals surface area contributed by atoms with Crippen LogP contribution in [0.15, 0.2) is 0 Å². The van der Waals surface area contributed by atoms with Crippen molar-refractivity contribution in [3.8, 4) is 0 Å². The van der Waals surface area contributed by atoms with Gasteiger partial charge in [0.15, 0.2) is 0 Å². The molecule has 5 heavy (non-hydrogen) atoms. The molecule has 3 heteroatoms. The molecule has 0 aliphatic rings. The minimum absolute atomic E-state index is 0.414. The number of hydrogen-bond donors (Lipinski definition) is 1.